The van der Waals surface area contributed by atoms with Crippen LogP contribution in [0.1, 0.15) is 0 Å². The SMILES string of the molecule is CN(C)Nc1ccc(S(C)(=O)=O)cc1. The van der Waals surface area contributed by atoms with E-state index in [2.05, 4.69) is 5.43 Å². The summed E-state index contributed by atoms with van der Waals surface area (Å²) < 4.78 is 22.3. The zero-order valence-electron chi connectivity index (χ0n) is 8.48. The van der Waals surface area contributed by atoms with E-state index in [-0.39, 0.29) is 0 Å². The summed E-state index contributed by atoms with van der Waals surface area (Å²) in [6.07, 6.45) is 1.20. The third-order valence-electron chi connectivity index (χ3n) is 1.64. The third kappa shape index (κ3) is 3.01. The smallest absolute Gasteiger partial charge is 0.175 e. The lowest BCUT2D eigenvalue weighted by Crippen LogP contribution is -2.19. The first kappa shape index (κ1) is 11.0. The number of rotatable bonds is 3. The molecule has 78 valence electrons. The van der Waals surface area contributed by atoms with Crippen molar-refractivity contribution in [3.05, 3.63) is 24.3 Å². The Morgan fingerprint density at radius 1 is 1.14 bits per heavy atom. The van der Waals surface area contributed by atoms with Crippen molar-refractivity contribution < 1.29 is 8.42 Å². The van der Waals surface area contributed by atoms with Crippen LogP contribution in [0.25, 0.3) is 0 Å². The summed E-state index contributed by atoms with van der Waals surface area (Å²) in [6.45, 7) is 0. The molecule has 1 rings (SSSR count). The minimum Gasteiger partial charge on any atom is -0.319 e. The van der Waals surface area contributed by atoms with E-state index in [0.29, 0.717) is 4.90 Å². The van der Waals surface area contributed by atoms with Gasteiger partial charge in [-0.15, -0.1) is 0 Å². The molecule has 0 unspecified atom stereocenters. The lowest BCUT2D eigenvalue weighted by Gasteiger charge is -2.13. The summed E-state index contributed by atoms with van der Waals surface area (Å²) in [6, 6.07) is 6.63. The second kappa shape index (κ2) is 3.98. The monoisotopic (exact) mass is 214 g/mol. The molecule has 0 radical (unpaired) electrons. The van der Waals surface area contributed by atoms with Crippen molar-refractivity contribution in [2.45, 2.75) is 4.90 Å². The van der Waals surface area contributed by atoms with E-state index in [1.165, 1.54) is 6.26 Å². The zero-order valence-corrected chi connectivity index (χ0v) is 9.30. The standard InChI is InChI=1S/C9H14N2O2S/c1-11(2)10-8-4-6-9(7-5-8)14(3,12)13/h4-7,10H,1-3H3. The van der Waals surface area contributed by atoms with E-state index < -0.39 is 9.84 Å². The van der Waals surface area contributed by atoms with Gasteiger partial charge in [0.15, 0.2) is 9.84 Å². The lowest BCUT2D eigenvalue weighted by molar-refractivity contribution is 0.495. The van der Waals surface area contributed by atoms with E-state index in [1.54, 1.807) is 29.3 Å². The molecule has 4 nitrogen and oxygen atoms in total. The molecule has 5 heteroatoms. The number of anilines is 1. The van der Waals surface area contributed by atoms with Crippen molar-refractivity contribution >= 4 is 15.5 Å². The Labute approximate surface area is 84.4 Å². The Balaban J connectivity index is 2.90. The normalized spacial score (nSPS) is 11.7. The maximum Gasteiger partial charge on any atom is 0.175 e. The van der Waals surface area contributed by atoms with E-state index in [0.717, 1.165) is 5.69 Å². The largest absolute Gasteiger partial charge is 0.319 e. The molecule has 1 aromatic rings. The second-order valence-corrected chi connectivity index (χ2v) is 5.32. The molecule has 1 N–H and O–H groups in total. The van der Waals surface area contributed by atoms with Gasteiger partial charge >= 0.3 is 0 Å². The van der Waals surface area contributed by atoms with Crippen LogP contribution in [0.15, 0.2) is 29.2 Å². The first-order valence-electron chi connectivity index (χ1n) is 4.14. The van der Waals surface area contributed by atoms with Crippen LogP contribution < -0.4 is 5.43 Å². The van der Waals surface area contributed by atoms with Crippen LogP contribution in [-0.2, 0) is 9.84 Å². The number of benzene rings is 1. The number of hydrazine groups is 1. The van der Waals surface area contributed by atoms with Gasteiger partial charge in [0.25, 0.3) is 0 Å². The van der Waals surface area contributed by atoms with Gasteiger partial charge in [0.2, 0.25) is 0 Å². The zero-order chi connectivity index (χ0) is 10.8. The highest BCUT2D eigenvalue weighted by molar-refractivity contribution is 7.90. The highest BCUT2D eigenvalue weighted by Gasteiger charge is 2.05. The van der Waals surface area contributed by atoms with Crippen LogP contribution in [0.2, 0.25) is 0 Å². The van der Waals surface area contributed by atoms with Crippen molar-refractivity contribution in [3.8, 4) is 0 Å². The number of nitrogens with one attached hydrogen (secondary N) is 1. The van der Waals surface area contributed by atoms with Crippen LogP contribution in [-0.4, -0.2) is 33.8 Å². The molecule has 0 aliphatic rings. The van der Waals surface area contributed by atoms with Gasteiger partial charge in [0.1, 0.15) is 0 Å². The summed E-state index contributed by atoms with van der Waals surface area (Å²) >= 11 is 0. The topological polar surface area (TPSA) is 49.4 Å². The Kier molecular flexibility index (Phi) is 3.13. The van der Waals surface area contributed by atoms with Crippen molar-refractivity contribution in [1.82, 2.24) is 5.01 Å². The first-order chi connectivity index (χ1) is 6.39. The number of sulfone groups is 1. The Morgan fingerprint density at radius 3 is 2.00 bits per heavy atom. The maximum absolute atomic E-state index is 11.1. The quantitative estimate of drug-likeness (QED) is 0.762. The molecule has 0 bridgehead atoms. The Hall–Kier alpha value is -1.07. The van der Waals surface area contributed by atoms with E-state index in [9.17, 15) is 8.42 Å². The molecule has 1 aromatic carbocycles. The van der Waals surface area contributed by atoms with Gasteiger partial charge in [0.05, 0.1) is 4.90 Å². The van der Waals surface area contributed by atoms with Crippen molar-refractivity contribution in [1.29, 1.82) is 0 Å². The molecule has 14 heavy (non-hydrogen) atoms. The molecule has 0 amide bonds. The number of hydrogen-bond donors (Lipinski definition) is 1. The molecular formula is C9H14N2O2S. The maximum atomic E-state index is 11.1. The molecule has 0 aliphatic heterocycles. The summed E-state index contributed by atoms with van der Waals surface area (Å²) in [7, 11) is 0.642. The summed E-state index contributed by atoms with van der Waals surface area (Å²) in [5.41, 5.74) is 3.89. The van der Waals surface area contributed by atoms with Crippen molar-refractivity contribution in [3.63, 3.8) is 0 Å². The highest BCUT2D eigenvalue weighted by Crippen LogP contribution is 2.13. The lowest BCUT2D eigenvalue weighted by atomic mass is 10.3. The molecule has 0 atom stereocenters. The van der Waals surface area contributed by atoms with Crippen LogP contribution >= 0.6 is 0 Å². The van der Waals surface area contributed by atoms with E-state index >= 15 is 0 Å². The summed E-state index contributed by atoms with van der Waals surface area (Å²) in [5, 5.41) is 1.79. The van der Waals surface area contributed by atoms with Gasteiger partial charge in [-0.1, -0.05) is 0 Å². The summed E-state index contributed by atoms with van der Waals surface area (Å²) in [5.74, 6) is 0. The fourth-order valence-corrected chi connectivity index (χ4v) is 1.67. The molecule has 0 aromatic heterocycles. The molecule has 0 aliphatic carbocycles. The Bertz CT molecular complexity index is 395. The van der Waals surface area contributed by atoms with Crippen LogP contribution in [0, 0.1) is 0 Å². The average Bonchev–Trinajstić information content (AvgIpc) is 2.02. The minimum absolute atomic E-state index is 0.335. The molecule has 0 heterocycles. The van der Waals surface area contributed by atoms with Crippen molar-refractivity contribution in [2.75, 3.05) is 25.8 Å². The van der Waals surface area contributed by atoms with Crippen LogP contribution in [0.4, 0.5) is 5.69 Å². The van der Waals surface area contributed by atoms with Gasteiger partial charge in [-0.3, -0.25) is 0 Å². The fraction of sp³-hybridized carbons (Fsp3) is 0.333. The first-order valence-corrected chi connectivity index (χ1v) is 6.03. The van der Waals surface area contributed by atoms with Crippen molar-refractivity contribution in [2.24, 2.45) is 0 Å². The molecule has 0 fully saturated rings. The van der Waals surface area contributed by atoms with Gasteiger partial charge < -0.3 is 5.43 Å². The molecule has 0 saturated heterocycles. The van der Waals surface area contributed by atoms with Gasteiger partial charge in [-0.2, -0.15) is 0 Å². The molecule has 0 saturated carbocycles. The van der Waals surface area contributed by atoms with Gasteiger partial charge in [-0.25, -0.2) is 13.4 Å². The number of nitrogens with zero attached hydrogens (tertiary/aromatic N) is 1. The average molecular weight is 214 g/mol. The van der Waals surface area contributed by atoms with Crippen LogP contribution in [0.3, 0.4) is 0 Å². The summed E-state index contributed by atoms with van der Waals surface area (Å²) in [4.78, 5) is 0.335. The van der Waals surface area contributed by atoms with Gasteiger partial charge in [0, 0.05) is 26.0 Å². The minimum atomic E-state index is -3.09. The second-order valence-electron chi connectivity index (χ2n) is 3.30. The van der Waals surface area contributed by atoms with Gasteiger partial charge in [-0.05, 0) is 24.3 Å². The fourth-order valence-electron chi connectivity index (χ4n) is 1.03. The van der Waals surface area contributed by atoms with E-state index in [1.807, 2.05) is 14.1 Å². The highest BCUT2D eigenvalue weighted by atomic mass is 32.2. The molecule has 0 spiro atoms. The predicted molar refractivity (Wildman–Crippen MR) is 56.9 cm³/mol. The van der Waals surface area contributed by atoms with Crippen LogP contribution in [0.5, 0.6) is 0 Å². The van der Waals surface area contributed by atoms with E-state index in [4.69, 9.17) is 0 Å². The predicted octanol–water partition coefficient (Wildman–Crippen LogP) is 0.979. The third-order valence-corrected chi connectivity index (χ3v) is 2.76. The Morgan fingerprint density at radius 2 is 1.64 bits per heavy atom. The number of hydrogen-bond acceptors (Lipinski definition) is 4. The molecular weight excluding hydrogens is 200 g/mol.